The molecule has 1 fully saturated rings. The van der Waals surface area contributed by atoms with Crippen LogP contribution >= 0.6 is 15.9 Å². The maximum atomic E-state index is 12.1. The first kappa shape index (κ1) is 15.4. The Kier molecular flexibility index (Phi) is 5.94. The molecule has 1 aliphatic rings. The van der Waals surface area contributed by atoms with Crippen LogP contribution in [0.5, 0.6) is 0 Å². The van der Waals surface area contributed by atoms with Gasteiger partial charge in [-0.15, -0.1) is 0 Å². The number of likely N-dealkylation sites (N-methyl/N-ethyl adjacent to an activating group) is 1. The molecule has 0 radical (unpaired) electrons. The zero-order valence-electron chi connectivity index (χ0n) is 11.7. The number of nitrogens with zero attached hydrogens (tertiary/aromatic N) is 2. The summed E-state index contributed by atoms with van der Waals surface area (Å²) in [6.07, 6.45) is 3.90. The minimum absolute atomic E-state index is 0.000190. The Hall–Kier alpha value is -0.980. The Balaban J connectivity index is 1.86. The van der Waals surface area contributed by atoms with Gasteiger partial charge in [-0.2, -0.15) is 0 Å². The zero-order chi connectivity index (χ0) is 14.4. The van der Waals surface area contributed by atoms with Crippen LogP contribution in [0.15, 0.2) is 22.8 Å². The van der Waals surface area contributed by atoms with Gasteiger partial charge in [-0.25, -0.2) is 4.98 Å². The predicted octanol–water partition coefficient (Wildman–Crippen LogP) is 1.86. The number of hydrogen-bond donors (Lipinski definition) is 2. The number of carbonyl (C=O) groups is 1. The van der Waals surface area contributed by atoms with Crippen LogP contribution in [0.25, 0.3) is 0 Å². The van der Waals surface area contributed by atoms with E-state index >= 15 is 0 Å². The summed E-state index contributed by atoms with van der Waals surface area (Å²) >= 11 is 3.33. The first-order chi connectivity index (χ1) is 9.69. The van der Waals surface area contributed by atoms with E-state index in [1.807, 2.05) is 6.07 Å². The first-order valence-corrected chi connectivity index (χ1v) is 7.84. The maximum Gasteiger partial charge on any atom is 0.239 e. The summed E-state index contributed by atoms with van der Waals surface area (Å²) in [4.78, 5) is 18.5. The highest BCUT2D eigenvalue weighted by Gasteiger charge is 2.21. The fraction of sp³-hybridized carbons (Fsp3) is 0.571. The van der Waals surface area contributed by atoms with Crippen molar-refractivity contribution in [3.05, 3.63) is 22.8 Å². The van der Waals surface area contributed by atoms with Gasteiger partial charge in [0.1, 0.15) is 5.82 Å². The molecule has 1 amide bonds. The van der Waals surface area contributed by atoms with E-state index in [1.165, 1.54) is 0 Å². The number of halogens is 1. The van der Waals surface area contributed by atoms with Gasteiger partial charge in [-0.3, -0.25) is 9.69 Å². The molecule has 110 valence electrons. The van der Waals surface area contributed by atoms with Gasteiger partial charge in [0, 0.05) is 16.7 Å². The lowest BCUT2D eigenvalue weighted by molar-refractivity contribution is -0.118. The number of piperidine rings is 1. The molecule has 2 heterocycles. The molecule has 1 aliphatic heterocycles. The fourth-order valence-electron chi connectivity index (χ4n) is 2.49. The second-order valence-electron chi connectivity index (χ2n) is 4.95. The smallest absolute Gasteiger partial charge is 0.239 e. The van der Waals surface area contributed by atoms with Gasteiger partial charge < -0.3 is 10.6 Å². The summed E-state index contributed by atoms with van der Waals surface area (Å²) in [5.41, 5.74) is 0. The van der Waals surface area contributed by atoms with Crippen molar-refractivity contribution in [2.75, 3.05) is 31.5 Å². The minimum Gasteiger partial charge on any atom is -0.317 e. The van der Waals surface area contributed by atoms with Gasteiger partial charge in [0.25, 0.3) is 0 Å². The van der Waals surface area contributed by atoms with E-state index in [1.54, 1.807) is 12.3 Å². The third-order valence-corrected chi connectivity index (χ3v) is 4.04. The van der Waals surface area contributed by atoms with Crippen molar-refractivity contribution < 1.29 is 4.79 Å². The molecule has 0 atom stereocenters. The van der Waals surface area contributed by atoms with E-state index in [0.29, 0.717) is 18.4 Å². The van der Waals surface area contributed by atoms with E-state index < -0.39 is 0 Å². The standard InChI is InChI=1S/C14H21BrN4O/c1-2-19(12-5-7-16-8-6-12)10-14(20)18-13-4-3-11(15)9-17-13/h3-4,9,12,16H,2,5-8,10H2,1H3,(H,17,18,20). The summed E-state index contributed by atoms with van der Waals surface area (Å²) in [6.45, 7) is 5.51. The number of aromatic nitrogens is 1. The molecule has 0 saturated carbocycles. The Morgan fingerprint density at radius 1 is 1.50 bits per heavy atom. The Morgan fingerprint density at radius 2 is 2.25 bits per heavy atom. The number of hydrogen-bond acceptors (Lipinski definition) is 4. The molecule has 2 N–H and O–H groups in total. The number of nitrogens with one attached hydrogen (secondary N) is 2. The molecule has 20 heavy (non-hydrogen) atoms. The van der Waals surface area contributed by atoms with Crippen molar-refractivity contribution in [3.63, 3.8) is 0 Å². The molecule has 0 unspecified atom stereocenters. The van der Waals surface area contributed by atoms with Gasteiger partial charge in [-0.05, 0) is 60.5 Å². The highest BCUT2D eigenvalue weighted by molar-refractivity contribution is 9.10. The average molecular weight is 341 g/mol. The molecule has 0 aliphatic carbocycles. The lowest BCUT2D eigenvalue weighted by Crippen LogP contribution is -2.46. The largest absolute Gasteiger partial charge is 0.317 e. The molecule has 2 rings (SSSR count). The average Bonchev–Trinajstić information content (AvgIpc) is 2.48. The van der Waals surface area contributed by atoms with E-state index in [4.69, 9.17) is 0 Å². The molecular weight excluding hydrogens is 320 g/mol. The topological polar surface area (TPSA) is 57.3 Å². The molecule has 1 aromatic rings. The van der Waals surface area contributed by atoms with Crippen LogP contribution in [0, 0.1) is 0 Å². The van der Waals surface area contributed by atoms with Gasteiger partial charge >= 0.3 is 0 Å². The number of rotatable bonds is 5. The Labute approximate surface area is 128 Å². The maximum absolute atomic E-state index is 12.1. The van der Waals surface area contributed by atoms with E-state index in [9.17, 15) is 4.79 Å². The zero-order valence-corrected chi connectivity index (χ0v) is 13.3. The van der Waals surface area contributed by atoms with Crippen molar-refractivity contribution in [2.24, 2.45) is 0 Å². The molecule has 0 bridgehead atoms. The SMILES string of the molecule is CCN(CC(=O)Nc1ccc(Br)cn1)C1CCNCC1. The summed E-state index contributed by atoms with van der Waals surface area (Å²) in [5, 5.41) is 6.20. The monoisotopic (exact) mass is 340 g/mol. The van der Waals surface area contributed by atoms with Crippen LogP contribution in [0.3, 0.4) is 0 Å². The molecule has 6 heteroatoms. The molecule has 5 nitrogen and oxygen atoms in total. The third kappa shape index (κ3) is 4.54. The van der Waals surface area contributed by atoms with Crippen LogP contribution in [-0.2, 0) is 4.79 Å². The number of anilines is 1. The summed E-state index contributed by atoms with van der Waals surface area (Å²) in [5.74, 6) is 0.597. The highest BCUT2D eigenvalue weighted by atomic mass is 79.9. The summed E-state index contributed by atoms with van der Waals surface area (Å²) in [6, 6.07) is 4.17. The summed E-state index contributed by atoms with van der Waals surface area (Å²) in [7, 11) is 0. The molecular formula is C14H21BrN4O. The van der Waals surface area contributed by atoms with Crippen molar-refractivity contribution in [1.82, 2.24) is 15.2 Å². The van der Waals surface area contributed by atoms with Crippen LogP contribution in [0.2, 0.25) is 0 Å². The predicted molar refractivity (Wildman–Crippen MR) is 83.7 cm³/mol. The molecule has 1 saturated heterocycles. The van der Waals surface area contributed by atoms with Crippen molar-refractivity contribution >= 4 is 27.7 Å². The van der Waals surface area contributed by atoms with Gasteiger partial charge in [0.15, 0.2) is 0 Å². The van der Waals surface area contributed by atoms with E-state index in [0.717, 1.165) is 36.9 Å². The van der Waals surface area contributed by atoms with Crippen LogP contribution < -0.4 is 10.6 Å². The lowest BCUT2D eigenvalue weighted by atomic mass is 10.0. The van der Waals surface area contributed by atoms with Crippen molar-refractivity contribution in [2.45, 2.75) is 25.8 Å². The quantitative estimate of drug-likeness (QED) is 0.858. The molecule has 0 spiro atoms. The van der Waals surface area contributed by atoms with Crippen molar-refractivity contribution in [3.8, 4) is 0 Å². The third-order valence-electron chi connectivity index (χ3n) is 3.57. The lowest BCUT2D eigenvalue weighted by Gasteiger charge is -2.33. The normalized spacial score (nSPS) is 16.4. The highest BCUT2D eigenvalue weighted by Crippen LogP contribution is 2.13. The van der Waals surface area contributed by atoms with Crippen LogP contribution in [0.4, 0.5) is 5.82 Å². The van der Waals surface area contributed by atoms with E-state index in [-0.39, 0.29) is 5.91 Å². The molecule has 1 aromatic heterocycles. The van der Waals surface area contributed by atoms with Gasteiger partial charge in [0.2, 0.25) is 5.91 Å². The first-order valence-electron chi connectivity index (χ1n) is 7.05. The number of pyridine rings is 1. The van der Waals surface area contributed by atoms with Crippen molar-refractivity contribution in [1.29, 1.82) is 0 Å². The van der Waals surface area contributed by atoms with Crippen LogP contribution in [-0.4, -0.2) is 48.0 Å². The second-order valence-corrected chi connectivity index (χ2v) is 5.87. The fourth-order valence-corrected chi connectivity index (χ4v) is 2.72. The second kappa shape index (κ2) is 7.71. The molecule has 0 aromatic carbocycles. The number of amides is 1. The Morgan fingerprint density at radius 3 is 2.85 bits per heavy atom. The minimum atomic E-state index is 0.000190. The summed E-state index contributed by atoms with van der Waals surface area (Å²) < 4.78 is 0.903. The van der Waals surface area contributed by atoms with Gasteiger partial charge in [-0.1, -0.05) is 6.92 Å². The van der Waals surface area contributed by atoms with Gasteiger partial charge in [0.05, 0.1) is 6.54 Å². The Bertz CT molecular complexity index is 431. The van der Waals surface area contributed by atoms with Crippen LogP contribution in [0.1, 0.15) is 19.8 Å². The number of carbonyl (C=O) groups excluding carboxylic acids is 1. The van der Waals surface area contributed by atoms with E-state index in [2.05, 4.69) is 43.4 Å².